The average molecular weight is 249 g/mol. The monoisotopic (exact) mass is 249 g/mol. The lowest BCUT2D eigenvalue weighted by Gasteiger charge is -2.26. The van der Waals surface area contributed by atoms with E-state index >= 15 is 0 Å². The van der Waals surface area contributed by atoms with Crippen molar-refractivity contribution in [2.45, 2.75) is 26.2 Å². The first kappa shape index (κ1) is 12.7. The first-order valence-corrected chi connectivity index (χ1v) is 6.44. The molecule has 0 atom stereocenters. The zero-order valence-corrected chi connectivity index (χ0v) is 10.7. The maximum absolute atomic E-state index is 11.9. The molecular weight excluding hydrogens is 230 g/mol. The first-order chi connectivity index (χ1) is 8.79. The maximum Gasteiger partial charge on any atom is 0.321 e. The number of pyridine rings is 1. The fraction of sp³-hybridized carbons (Fsp3) is 0.538. The highest BCUT2D eigenvalue weighted by Crippen LogP contribution is 2.14. The smallest absolute Gasteiger partial charge is 0.321 e. The molecule has 0 bridgehead atoms. The molecule has 1 N–H and O–H groups in total. The Morgan fingerprint density at radius 3 is 2.78 bits per heavy atom. The lowest BCUT2D eigenvalue weighted by atomic mass is 10.1. The van der Waals surface area contributed by atoms with E-state index in [1.165, 1.54) is 6.42 Å². The number of nitrogens with zero attached hydrogens (tertiary/aromatic N) is 2. The average Bonchev–Trinajstić information content (AvgIpc) is 2.42. The largest absolute Gasteiger partial charge is 0.478 e. The zero-order valence-electron chi connectivity index (χ0n) is 10.7. The zero-order chi connectivity index (χ0) is 12.8. The van der Waals surface area contributed by atoms with Crippen LogP contribution >= 0.6 is 0 Å². The number of nitrogens with one attached hydrogen (secondary N) is 1. The van der Waals surface area contributed by atoms with Crippen LogP contribution in [0.25, 0.3) is 0 Å². The van der Waals surface area contributed by atoms with Crippen LogP contribution in [0.2, 0.25) is 0 Å². The van der Waals surface area contributed by atoms with Gasteiger partial charge in [0.2, 0.25) is 5.88 Å². The number of hydrogen-bond acceptors (Lipinski definition) is 3. The molecule has 2 rings (SSSR count). The summed E-state index contributed by atoms with van der Waals surface area (Å²) in [6.45, 7) is 4.19. The minimum atomic E-state index is -0.0411. The van der Waals surface area contributed by atoms with Crippen molar-refractivity contribution in [2.75, 3.05) is 25.0 Å². The second-order valence-corrected chi connectivity index (χ2v) is 4.30. The van der Waals surface area contributed by atoms with Gasteiger partial charge in [-0.2, -0.15) is 0 Å². The van der Waals surface area contributed by atoms with E-state index in [1.807, 2.05) is 11.8 Å². The Balaban J connectivity index is 1.89. The van der Waals surface area contributed by atoms with Crippen molar-refractivity contribution in [3.63, 3.8) is 0 Å². The number of carbonyl (C=O) groups excluding carboxylic acids is 1. The lowest BCUT2D eigenvalue weighted by Crippen LogP contribution is -2.38. The van der Waals surface area contributed by atoms with Gasteiger partial charge in [0, 0.05) is 19.2 Å². The number of rotatable bonds is 3. The third-order valence-corrected chi connectivity index (χ3v) is 2.92. The number of likely N-dealkylation sites (tertiary alicyclic amines) is 1. The Morgan fingerprint density at radius 2 is 2.17 bits per heavy atom. The minimum Gasteiger partial charge on any atom is -0.478 e. The van der Waals surface area contributed by atoms with Gasteiger partial charge in [0.15, 0.2) is 0 Å². The molecule has 1 aliphatic rings. The van der Waals surface area contributed by atoms with Crippen molar-refractivity contribution in [1.82, 2.24) is 9.88 Å². The summed E-state index contributed by atoms with van der Waals surface area (Å²) >= 11 is 0. The second kappa shape index (κ2) is 6.23. The number of carbonyl (C=O) groups is 1. The highest BCUT2D eigenvalue weighted by atomic mass is 16.5. The number of piperidine rings is 1. The molecule has 1 saturated heterocycles. The van der Waals surface area contributed by atoms with E-state index in [9.17, 15) is 4.79 Å². The van der Waals surface area contributed by atoms with Crippen LogP contribution in [0.3, 0.4) is 0 Å². The van der Waals surface area contributed by atoms with Gasteiger partial charge < -0.3 is 15.0 Å². The van der Waals surface area contributed by atoms with Crippen LogP contribution in [0.15, 0.2) is 18.3 Å². The van der Waals surface area contributed by atoms with Crippen molar-refractivity contribution < 1.29 is 9.53 Å². The van der Waals surface area contributed by atoms with Crippen molar-refractivity contribution in [2.24, 2.45) is 0 Å². The molecule has 1 aromatic rings. The molecule has 0 radical (unpaired) electrons. The quantitative estimate of drug-likeness (QED) is 0.895. The lowest BCUT2D eigenvalue weighted by molar-refractivity contribution is 0.200. The molecule has 5 heteroatoms. The Hall–Kier alpha value is -1.78. The van der Waals surface area contributed by atoms with Crippen LogP contribution in [0.4, 0.5) is 10.5 Å². The van der Waals surface area contributed by atoms with Crippen molar-refractivity contribution in [3.8, 4) is 5.88 Å². The minimum absolute atomic E-state index is 0.0411. The Bertz CT molecular complexity index is 386. The van der Waals surface area contributed by atoms with Crippen molar-refractivity contribution >= 4 is 11.7 Å². The van der Waals surface area contributed by atoms with Gasteiger partial charge in [-0.25, -0.2) is 9.78 Å². The number of hydrogen-bond donors (Lipinski definition) is 1. The third-order valence-electron chi connectivity index (χ3n) is 2.92. The standard InChI is InChI=1S/C13H19N3O2/c1-2-18-12-7-6-11(10-14-12)15-13(17)16-8-4-3-5-9-16/h6-7,10H,2-5,8-9H2,1H3,(H,15,17). The highest BCUT2D eigenvalue weighted by Gasteiger charge is 2.16. The van der Waals surface area contributed by atoms with E-state index in [-0.39, 0.29) is 6.03 Å². The van der Waals surface area contributed by atoms with Crippen molar-refractivity contribution in [1.29, 1.82) is 0 Å². The molecule has 0 aliphatic carbocycles. The maximum atomic E-state index is 11.9. The van der Waals surface area contributed by atoms with Gasteiger partial charge in [-0.05, 0) is 32.3 Å². The van der Waals surface area contributed by atoms with E-state index in [2.05, 4.69) is 10.3 Å². The normalized spacial score (nSPS) is 15.3. The van der Waals surface area contributed by atoms with Gasteiger partial charge in [0.1, 0.15) is 0 Å². The van der Waals surface area contributed by atoms with E-state index in [4.69, 9.17) is 4.74 Å². The summed E-state index contributed by atoms with van der Waals surface area (Å²) < 4.78 is 5.25. The van der Waals surface area contributed by atoms with Gasteiger partial charge in [0.25, 0.3) is 0 Å². The molecule has 2 heterocycles. The summed E-state index contributed by atoms with van der Waals surface area (Å²) in [5.41, 5.74) is 0.703. The highest BCUT2D eigenvalue weighted by molar-refractivity contribution is 5.89. The molecule has 0 spiro atoms. The van der Waals surface area contributed by atoms with Gasteiger partial charge in [0.05, 0.1) is 18.5 Å². The third kappa shape index (κ3) is 3.35. The second-order valence-electron chi connectivity index (χ2n) is 4.30. The summed E-state index contributed by atoms with van der Waals surface area (Å²) in [7, 11) is 0. The van der Waals surface area contributed by atoms with Crippen LogP contribution in [0.5, 0.6) is 5.88 Å². The predicted octanol–water partition coefficient (Wildman–Crippen LogP) is 2.50. The van der Waals surface area contributed by atoms with E-state index < -0.39 is 0 Å². The number of anilines is 1. The summed E-state index contributed by atoms with van der Waals surface area (Å²) in [6, 6.07) is 3.52. The molecule has 1 fully saturated rings. The molecule has 1 aliphatic heterocycles. The van der Waals surface area contributed by atoms with Gasteiger partial charge in [-0.1, -0.05) is 0 Å². The van der Waals surface area contributed by atoms with Gasteiger partial charge >= 0.3 is 6.03 Å². The number of amides is 2. The van der Waals surface area contributed by atoms with E-state index in [0.717, 1.165) is 25.9 Å². The molecule has 18 heavy (non-hydrogen) atoms. The summed E-state index contributed by atoms with van der Waals surface area (Å²) in [6.07, 6.45) is 5.02. The number of urea groups is 1. The van der Waals surface area contributed by atoms with E-state index in [0.29, 0.717) is 18.2 Å². The summed E-state index contributed by atoms with van der Waals surface area (Å²) in [5.74, 6) is 0.577. The van der Waals surface area contributed by atoms with Crippen LogP contribution in [-0.2, 0) is 0 Å². The molecule has 0 saturated carbocycles. The molecule has 5 nitrogen and oxygen atoms in total. The Labute approximate surface area is 107 Å². The molecule has 0 aromatic carbocycles. The summed E-state index contributed by atoms with van der Waals surface area (Å²) in [4.78, 5) is 17.9. The van der Waals surface area contributed by atoms with Crippen LogP contribution in [0.1, 0.15) is 26.2 Å². The van der Waals surface area contributed by atoms with Gasteiger partial charge in [-0.3, -0.25) is 0 Å². The van der Waals surface area contributed by atoms with Crippen LogP contribution in [-0.4, -0.2) is 35.6 Å². The SMILES string of the molecule is CCOc1ccc(NC(=O)N2CCCCC2)cn1. The summed E-state index contributed by atoms with van der Waals surface area (Å²) in [5, 5.41) is 2.85. The number of aromatic nitrogens is 1. The topological polar surface area (TPSA) is 54.5 Å². The van der Waals surface area contributed by atoms with Crippen LogP contribution < -0.4 is 10.1 Å². The fourth-order valence-electron chi connectivity index (χ4n) is 1.99. The predicted molar refractivity (Wildman–Crippen MR) is 69.8 cm³/mol. The van der Waals surface area contributed by atoms with Crippen LogP contribution in [0, 0.1) is 0 Å². The molecule has 0 unspecified atom stereocenters. The Kier molecular flexibility index (Phi) is 4.39. The Morgan fingerprint density at radius 1 is 1.39 bits per heavy atom. The molecule has 2 amide bonds. The molecule has 1 aromatic heterocycles. The fourth-order valence-corrected chi connectivity index (χ4v) is 1.99. The number of ether oxygens (including phenoxy) is 1. The molecular formula is C13H19N3O2. The first-order valence-electron chi connectivity index (χ1n) is 6.44. The van der Waals surface area contributed by atoms with E-state index in [1.54, 1.807) is 18.3 Å². The van der Waals surface area contributed by atoms with Crippen molar-refractivity contribution in [3.05, 3.63) is 18.3 Å². The van der Waals surface area contributed by atoms with Gasteiger partial charge in [-0.15, -0.1) is 0 Å². The molecule has 98 valence electrons.